The molecule has 0 radical (unpaired) electrons. The fraction of sp³-hybridized carbons (Fsp3) is 0.533. The molecule has 0 fully saturated rings. The largest absolute Gasteiger partial charge is 0.496 e. The molecule has 0 spiro atoms. The van der Waals surface area contributed by atoms with Gasteiger partial charge in [-0.25, -0.2) is 0 Å². The number of thiocarbonyl (C=S) groups is 1. The summed E-state index contributed by atoms with van der Waals surface area (Å²) in [5.74, 6) is 1.30. The summed E-state index contributed by atoms with van der Waals surface area (Å²) in [7, 11) is 1.61. The maximum atomic E-state index is 5.72. The molecular formula is C15H23NO2S. The predicted molar refractivity (Wildman–Crippen MR) is 82.6 cm³/mol. The van der Waals surface area contributed by atoms with Crippen LogP contribution >= 0.6 is 12.2 Å². The lowest BCUT2D eigenvalue weighted by Gasteiger charge is -2.12. The van der Waals surface area contributed by atoms with Gasteiger partial charge in [0.25, 0.3) is 0 Å². The number of hydrogen-bond donors (Lipinski definition) is 1. The summed E-state index contributed by atoms with van der Waals surface area (Å²) < 4.78 is 10.9. The number of rotatable bonds is 8. The van der Waals surface area contributed by atoms with Gasteiger partial charge < -0.3 is 15.2 Å². The quantitative estimate of drug-likeness (QED) is 0.743. The monoisotopic (exact) mass is 281 g/mol. The van der Waals surface area contributed by atoms with Crippen LogP contribution in [-0.2, 0) is 11.3 Å². The first-order chi connectivity index (χ1) is 9.08. The van der Waals surface area contributed by atoms with Crippen LogP contribution in [0.15, 0.2) is 18.2 Å². The van der Waals surface area contributed by atoms with Gasteiger partial charge in [-0.1, -0.05) is 38.6 Å². The average molecular weight is 281 g/mol. The number of nitrogens with two attached hydrogens (primary N) is 1. The highest BCUT2D eigenvalue weighted by atomic mass is 32.1. The zero-order chi connectivity index (χ0) is 14.3. The molecule has 0 saturated heterocycles. The minimum Gasteiger partial charge on any atom is -0.496 e. The van der Waals surface area contributed by atoms with Gasteiger partial charge in [0.05, 0.1) is 19.3 Å². The number of methoxy groups -OCH3 is 1. The summed E-state index contributed by atoms with van der Waals surface area (Å²) in [6.45, 7) is 5.75. The highest BCUT2D eigenvalue weighted by molar-refractivity contribution is 7.80. The SMILES string of the molecule is CCCC(C)COCc1ccc(OC)c(C(N)=S)c1. The van der Waals surface area contributed by atoms with Crippen LogP contribution in [0.3, 0.4) is 0 Å². The van der Waals surface area contributed by atoms with E-state index in [9.17, 15) is 0 Å². The van der Waals surface area contributed by atoms with Crippen LogP contribution in [-0.4, -0.2) is 18.7 Å². The minimum absolute atomic E-state index is 0.345. The molecule has 1 aromatic carbocycles. The average Bonchev–Trinajstić information content (AvgIpc) is 2.38. The van der Waals surface area contributed by atoms with Crippen molar-refractivity contribution < 1.29 is 9.47 Å². The molecule has 1 unspecified atom stereocenters. The third-order valence-electron chi connectivity index (χ3n) is 2.98. The Morgan fingerprint density at radius 3 is 2.74 bits per heavy atom. The van der Waals surface area contributed by atoms with Gasteiger partial charge in [0, 0.05) is 6.61 Å². The van der Waals surface area contributed by atoms with Gasteiger partial charge in [-0.15, -0.1) is 0 Å². The summed E-state index contributed by atoms with van der Waals surface area (Å²) >= 11 is 5.02. The van der Waals surface area contributed by atoms with E-state index >= 15 is 0 Å². The van der Waals surface area contributed by atoms with Crippen molar-refractivity contribution in [1.82, 2.24) is 0 Å². The van der Waals surface area contributed by atoms with Crippen LogP contribution in [0.25, 0.3) is 0 Å². The molecule has 0 amide bonds. The van der Waals surface area contributed by atoms with Gasteiger partial charge >= 0.3 is 0 Å². The second-order valence-corrected chi connectivity index (χ2v) is 5.25. The van der Waals surface area contributed by atoms with E-state index in [0.29, 0.717) is 23.3 Å². The minimum atomic E-state index is 0.345. The smallest absolute Gasteiger partial charge is 0.129 e. The fourth-order valence-corrected chi connectivity index (χ4v) is 2.15. The van der Waals surface area contributed by atoms with E-state index in [-0.39, 0.29) is 0 Å². The van der Waals surface area contributed by atoms with Crippen molar-refractivity contribution in [2.24, 2.45) is 11.7 Å². The summed E-state index contributed by atoms with van der Waals surface area (Å²) in [5, 5.41) is 0. The summed E-state index contributed by atoms with van der Waals surface area (Å²) in [6, 6.07) is 5.79. The Kier molecular flexibility index (Phi) is 6.81. The Bertz CT molecular complexity index is 421. The lowest BCUT2D eigenvalue weighted by atomic mass is 10.1. The van der Waals surface area contributed by atoms with Crippen LogP contribution in [0.1, 0.15) is 37.8 Å². The van der Waals surface area contributed by atoms with E-state index in [2.05, 4.69) is 13.8 Å². The van der Waals surface area contributed by atoms with E-state index in [1.54, 1.807) is 7.11 Å². The number of ether oxygens (including phenoxy) is 2. The van der Waals surface area contributed by atoms with E-state index in [4.69, 9.17) is 27.4 Å². The molecule has 2 N–H and O–H groups in total. The molecule has 0 bridgehead atoms. The summed E-state index contributed by atoms with van der Waals surface area (Å²) in [4.78, 5) is 0.345. The number of benzene rings is 1. The summed E-state index contributed by atoms with van der Waals surface area (Å²) in [6.07, 6.45) is 2.39. The highest BCUT2D eigenvalue weighted by Crippen LogP contribution is 2.20. The first-order valence-corrected chi connectivity index (χ1v) is 7.03. The molecule has 0 aliphatic rings. The van der Waals surface area contributed by atoms with Crippen molar-refractivity contribution in [1.29, 1.82) is 0 Å². The van der Waals surface area contributed by atoms with Crippen molar-refractivity contribution in [2.75, 3.05) is 13.7 Å². The molecule has 106 valence electrons. The van der Waals surface area contributed by atoms with Crippen LogP contribution in [0.2, 0.25) is 0 Å². The maximum Gasteiger partial charge on any atom is 0.129 e. The van der Waals surface area contributed by atoms with E-state index < -0.39 is 0 Å². The lowest BCUT2D eigenvalue weighted by Crippen LogP contribution is -2.12. The Hall–Kier alpha value is -1.13. The van der Waals surface area contributed by atoms with Crippen LogP contribution in [0.5, 0.6) is 5.75 Å². The molecule has 0 aromatic heterocycles. The molecule has 0 heterocycles. The highest BCUT2D eigenvalue weighted by Gasteiger charge is 2.07. The van der Waals surface area contributed by atoms with Gasteiger partial charge in [-0.2, -0.15) is 0 Å². The third-order valence-corrected chi connectivity index (χ3v) is 3.20. The lowest BCUT2D eigenvalue weighted by molar-refractivity contribution is 0.0893. The molecule has 0 aliphatic carbocycles. The van der Waals surface area contributed by atoms with Gasteiger partial charge in [-0.3, -0.25) is 0 Å². The van der Waals surface area contributed by atoms with Crippen molar-refractivity contribution in [3.63, 3.8) is 0 Å². The van der Waals surface area contributed by atoms with Crippen LogP contribution in [0, 0.1) is 5.92 Å². The van der Waals surface area contributed by atoms with Gasteiger partial charge in [0.15, 0.2) is 0 Å². The molecular weight excluding hydrogens is 258 g/mol. The topological polar surface area (TPSA) is 44.5 Å². The molecule has 3 nitrogen and oxygen atoms in total. The Balaban J connectivity index is 2.60. The predicted octanol–water partition coefficient (Wildman–Crippen LogP) is 3.28. The molecule has 4 heteroatoms. The first kappa shape index (κ1) is 15.9. The number of hydrogen-bond acceptors (Lipinski definition) is 3. The molecule has 0 aliphatic heterocycles. The molecule has 1 aromatic rings. The third kappa shape index (κ3) is 5.17. The first-order valence-electron chi connectivity index (χ1n) is 6.63. The van der Waals surface area contributed by atoms with Crippen molar-refractivity contribution in [2.45, 2.75) is 33.3 Å². The summed E-state index contributed by atoms with van der Waals surface area (Å²) in [5.41, 5.74) is 7.51. The maximum absolute atomic E-state index is 5.72. The molecule has 1 rings (SSSR count). The normalized spacial score (nSPS) is 12.2. The Morgan fingerprint density at radius 1 is 1.42 bits per heavy atom. The fourth-order valence-electron chi connectivity index (χ4n) is 1.99. The second-order valence-electron chi connectivity index (χ2n) is 4.81. The van der Waals surface area contributed by atoms with E-state index in [1.165, 1.54) is 12.8 Å². The zero-order valence-corrected chi connectivity index (χ0v) is 12.8. The van der Waals surface area contributed by atoms with Gasteiger partial charge in [0.2, 0.25) is 0 Å². The zero-order valence-electron chi connectivity index (χ0n) is 11.9. The van der Waals surface area contributed by atoms with Crippen LogP contribution in [0.4, 0.5) is 0 Å². The molecule has 19 heavy (non-hydrogen) atoms. The second kappa shape index (κ2) is 8.12. The van der Waals surface area contributed by atoms with Crippen molar-refractivity contribution in [3.05, 3.63) is 29.3 Å². The Labute approximate surface area is 121 Å². The van der Waals surface area contributed by atoms with E-state index in [0.717, 1.165) is 17.7 Å². The Morgan fingerprint density at radius 2 is 2.16 bits per heavy atom. The van der Waals surface area contributed by atoms with E-state index in [1.807, 2.05) is 18.2 Å². The van der Waals surface area contributed by atoms with Crippen LogP contribution < -0.4 is 10.5 Å². The molecule has 0 saturated carbocycles. The van der Waals surface area contributed by atoms with Crippen molar-refractivity contribution in [3.8, 4) is 5.75 Å². The van der Waals surface area contributed by atoms with Gasteiger partial charge in [-0.05, 0) is 30.0 Å². The standard InChI is InChI=1S/C15H23NO2S/c1-4-5-11(2)9-18-10-12-6-7-14(17-3)13(8-12)15(16)19/h6-8,11H,4-5,9-10H2,1-3H3,(H2,16,19). The van der Waals surface area contributed by atoms with Gasteiger partial charge in [0.1, 0.15) is 10.7 Å². The molecule has 1 atom stereocenters. The van der Waals surface area contributed by atoms with Crippen molar-refractivity contribution >= 4 is 17.2 Å².